The van der Waals surface area contributed by atoms with Crippen molar-refractivity contribution < 1.29 is 19.4 Å². The molecule has 1 aliphatic rings. The number of fused-ring (bicyclic) bond motifs is 3. The summed E-state index contributed by atoms with van der Waals surface area (Å²) in [6.07, 6.45) is -0.250. The number of benzene rings is 3. The number of nitrogens with one attached hydrogen (secondary N) is 1. The van der Waals surface area contributed by atoms with Crippen molar-refractivity contribution in [3.8, 4) is 11.1 Å². The number of hydrogen-bond donors (Lipinski definition) is 2. The molecule has 0 saturated carbocycles. The molecule has 3 aromatic carbocycles. The van der Waals surface area contributed by atoms with E-state index < -0.39 is 18.0 Å². The van der Waals surface area contributed by atoms with Gasteiger partial charge in [-0.05, 0) is 48.1 Å². The molecule has 2 N–H and O–H groups in total. The van der Waals surface area contributed by atoms with Crippen LogP contribution in [-0.4, -0.2) is 30.3 Å². The molecule has 0 aliphatic heterocycles. The van der Waals surface area contributed by atoms with E-state index in [9.17, 15) is 14.7 Å². The molecule has 0 heterocycles. The molecule has 1 amide bonds. The maximum atomic E-state index is 12.4. The van der Waals surface area contributed by atoms with Gasteiger partial charge in [0.15, 0.2) is 0 Å². The predicted molar refractivity (Wildman–Crippen MR) is 124 cm³/mol. The van der Waals surface area contributed by atoms with E-state index >= 15 is 0 Å². The topological polar surface area (TPSA) is 75.6 Å². The lowest BCUT2D eigenvalue weighted by molar-refractivity contribution is -0.141. The fourth-order valence-electron chi connectivity index (χ4n) is 4.57. The van der Waals surface area contributed by atoms with Crippen LogP contribution in [0, 0.1) is 19.8 Å². The first-order valence-electron chi connectivity index (χ1n) is 10.8. The Morgan fingerprint density at radius 1 is 0.938 bits per heavy atom. The first-order valence-corrected chi connectivity index (χ1v) is 10.8. The zero-order valence-corrected chi connectivity index (χ0v) is 18.3. The van der Waals surface area contributed by atoms with Crippen molar-refractivity contribution in [2.75, 3.05) is 13.2 Å². The number of alkyl carbamates (subject to hydrolysis) is 1. The smallest absolute Gasteiger partial charge is 0.407 e. The molecule has 0 spiro atoms. The normalized spacial score (nSPS) is 13.2. The Kier molecular flexibility index (Phi) is 6.26. The van der Waals surface area contributed by atoms with Gasteiger partial charge >= 0.3 is 12.1 Å². The standard InChI is InChI=1S/C27H27NO4/c1-17-11-18(2)13-19(12-17)14-20(26(29)30)15-28-27(31)32-16-25-23-9-5-3-7-21(23)22-8-4-6-10-24(22)25/h3-13,20,25H,14-16H2,1-2H3,(H,28,31)(H,29,30)/t20-/m0/s1. The fourth-order valence-corrected chi connectivity index (χ4v) is 4.57. The second kappa shape index (κ2) is 9.27. The average molecular weight is 430 g/mol. The lowest BCUT2D eigenvalue weighted by atomic mass is 9.96. The monoisotopic (exact) mass is 429 g/mol. The molecule has 32 heavy (non-hydrogen) atoms. The van der Waals surface area contributed by atoms with Gasteiger partial charge in [0, 0.05) is 12.5 Å². The number of carboxylic acids is 1. The summed E-state index contributed by atoms with van der Waals surface area (Å²) in [6.45, 7) is 4.19. The molecule has 5 nitrogen and oxygen atoms in total. The minimum absolute atomic E-state index is 0.0129. The average Bonchev–Trinajstić information content (AvgIpc) is 3.08. The van der Waals surface area contributed by atoms with Gasteiger partial charge in [-0.2, -0.15) is 0 Å². The fraction of sp³-hybridized carbons (Fsp3) is 0.259. The molecule has 0 aromatic heterocycles. The van der Waals surface area contributed by atoms with Crippen LogP contribution in [0.2, 0.25) is 0 Å². The molecule has 3 aromatic rings. The molecule has 1 atom stereocenters. The second-order valence-corrected chi connectivity index (χ2v) is 8.44. The Morgan fingerprint density at radius 3 is 2.06 bits per heavy atom. The summed E-state index contributed by atoms with van der Waals surface area (Å²) in [5.74, 6) is -1.70. The van der Waals surface area contributed by atoms with Gasteiger partial charge in [0.25, 0.3) is 0 Å². The number of carboxylic acid groups (broad SMARTS) is 1. The van der Waals surface area contributed by atoms with Crippen molar-refractivity contribution in [2.24, 2.45) is 5.92 Å². The van der Waals surface area contributed by atoms with E-state index in [1.807, 2.05) is 56.3 Å². The van der Waals surface area contributed by atoms with Crippen LogP contribution in [0.3, 0.4) is 0 Å². The van der Waals surface area contributed by atoms with E-state index in [-0.39, 0.29) is 19.1 Å². The van der Waals surface area contributed by atoms with Crippen molar-refractivity contribution >= 4 is 12.1 Å². The molecular weight excluding hydrogens is 402 g/mol. The summed E-state index contributed by atoms with van der Waals surface area (Å²) in [4.78, 5) is 24.1. The molecule has 164 valence electrons. The number of carbonyl (C=O) groups is 2. The molecule has 5 heteroatoms. The van der Waals surface area contributed by atoms with Crippen LogP contribution >= 0.6 is 0 Å². The van der Waals surface area contributed by atoms with E-state index in [2.05, 4.69) is 29.6 Å². The maximum Gasteiger partial charge on any atom is 0.407 e. The number of carbonyl (C=O) groups excluding carboxylic acids is 1. The van der Waals surface area contributed by atoms with E-state index in [4.69, 9.17) is 4.74 Å². The molecule has 0 unspecified atom stereocenters. The number of amides is 1. The van der Waals surface area contributed by atoms with Gasteiger partial charge in [-0.15, -0.1) is 0 Å². The quantitative estimate of drug-likeness (QED) is 0.549. The van der Waals surface area contributed by atoms with Gasteiger partial charge < -0.3 is 15.2 Å². The third-order valence-electron chi connectivity index (χ3n) is 5.95. The summed E-state index contributed by atoms with van der Waals surface area (Å²) < 4.78 is 5.52. The number of rotatable bonds is 7. The third-order valence-corrected chi connectivity index (χ3v) is 5.95. The van der Waals surface area contributed by atoms with E-state index in [0.717, 1.165) is 38.9 Å². The van der Waals surface area contributed by atoms with Crippen LogP contribution in [0.15, 0.2) is 66.7 Å². The van der Waals surface area contributed by atoms with E-state index in [0.29, 0.717) is 6.42 Å². The Labute approximate surface area is 188 Å². The van der Waals surface area contributed by atoms with Crippen molar-refractivity contribution in [3.63, 3.8) is 0 Å². The lowest BCUT2D eigenvalue weighted by Crippen LogP contribution is -2.35. The highest BCUT2D eigenvalue weighted by molar-refractivity contribution is 5.79. The summed E-state index contributed by atoms with van der Waals surface area (Å²) in [7, 11) is 0. The minimum Gasteiger partial charge on any atom is -0.481 e. The lowest BCUT2D eigenvalue weighted by Gasteiger charge is -2.17. The Bertz CT molecular complexity index is 1090. The van der Waals surface area contributed by atoms with Crippen LogP contribution in [0.5, 0.6) is 0 Å². The van der Waals surface area contributed by atoms with Gasteiger partial charge in [-0.3, -0.25) is 4.79 Å². The predicted octanol–water partition coefficient (Wildman–Crippen LogP) is 5.09. The molecule has 4 rings (SSSR count). The van der Waals surface area contributed by atoms with Crippen LogP contribution in [-0.2, 0) is 16.0 Å². The van der Waals surface area contributed by atoms with Gasteiger partial charge in [0.05, 0.1) is 5.92 Å². The maximum absolute atomic E-state index is 12.4. The van der Waals surface area contributed by atoms with Crippen LogP contribution in [0.4, 0.5) is 4.79 Å². The minimum atomic E-state index is -0.942. The molecule has 0 bridgehead atoms. The first kappa shape index (κ1) is 21.6. The highest BCUT2D eigenvalue weighted by Crippen LogP contribution is 2.44. The number of ether oxygens (including phenoxy) is 1. The van der Waals surface area contributed by atoms with Crippen molar-refractivity contribution in [3.05, 3.63) is 94.5 Å². The molecule has 0 radical (unpaired) electrons. The first-order chi connectivity index (χ1) is 15.4. The van der Waals surface area contributed by atoms with Crippen molar-refractivity contribution in [1.82, 2.24) is 5.32 Å². The third kappa shape index (κ3) is 4.67. The summed E-state index contributed by atoms with van der Waals surface area (Å²) in [6, 6.07) is 22.3. The molecular formula is C27H27NO4. The highest BCUT2D eigenvalue weighted by atomic mass is 16.5. The molecule has 0 saturated heterocycles. The zero-order valence-electron chi connectivity index (χ0n) is 18.3. The van der Waals surface area contributed by atoms with Gasteiger partial charge in [-0.1, -0.05) is 77.9 Å². The highest BCUT2D eigenvalue weighted by Gasteiger charge is 2.29. The van der Waals surface area contributed by atoms with Gasteiger partial charge in [0.1, 0.15) is 6.61 Å². The summed E-state index contributed by atoms with van der Waals surface area (Å²) in [5.41, 5.74) is 7.74. The van der Waals surface area contributed by atoms with Crippen molar-refractivity contribution in [2.45, 2.75) is 26.2 Å². The summed E-state index contributed by atoms with van der Waals surface area (Å²) >= 11 is 0. The van der Waals surface area contributed by atoms with Crippen molar-refractivity contribution in [1.29, 1.82) is 0 Å². The zero-order chi connectivity index (χ0) is 22.7. The van der Waals surface area contributed by atoms with E-state index in [1.165, 1.54) is 0 Å². The molecule has 1 aliphatic carbocycles. The Morgan fingerprint density at radius 2 is 1.50 bits per heavy atom. The van der Waals surface area contributed by atoms with Crippen LogP contribution in [0.1, 0.15) is 33.7 Å². The van der Waals surface area contributed by atoms with E-state index in [1.54, 1.807) is 0 Å². The van der Waals surface area contributed by atoms with Crippen LogP contribution in [0.25, 0.3) is 11.1 Å². The Hall–Kier alpha value is -3.60. The number of aliphatic carboxylic acids is 1. The van der Waals surface area contributed by atoms with Gasteiger partial charge in [-0.25, -0.2) is 4.79 Å². The SMILES string of the molecule is Cc1cc(C)cc(C[C@@H](CNC(=O)OCC2c3ccccc3-c3ccccc32)C(=O)O)c1. The summed E-state index contributed by atoms with van der Waals surface area (Å²) in [5, 5.41) is 12.3. The molecule has 0 fully saturated rings. The second-order valence-electron chi connectivity index (χ2n) is 8.44. The van der Waals surface area contributed by atoms with Gasteiger partial charge in [0.2, 0.25) is 0 Å². The number of aryl methyl sites for hydroxylation is 2. The largest absolute Gasteiger partial charge is 0.481 e. The van der Waals surface area contributed by atoms with Crippen LogP contribution < -0.4 is 5.32 Å². The Balaban J connectivity index is 1.37. The number of hydrogen-bond acceptors (Lipinski definition) is 3.